The molecule has 1 spiro atoms. The Bertz CT molecular complexity index is 1290. The van der Waals surface area contributed by atoms with Crippen LogP contribution in [0, 0.1) is 0 Å². The van der Waals surface area contributed by atoms with Gasteiger partial charge in [0.25, 0.3) is 0 Å². The van der Waals surface area contributed by atoms with Crippen molar-refractivity contribution in [1.82, 2.24) is 0 Å². The molecule has 2 aliphatic heterocycles. The Morgan fingerprint density at radius 1 is 1.09 bits per heavy atom. The molecule has 1 amide bonds. The zero-order valence-corrected chi connectivity index (χ0v) is 21.3. The number of hydrogen-bond donors (Lipinski definition) is 2. The highest BCUT2D eigenvalue weighted by Gasteiger charge is 2.62. The maximum Gasteiger partial charge on any atom is 0.341 e. The highest BCUT2D eigenvalue weighted by Crippen LogP contribution is 2.53. The van der Waals surface area contributed by atoms with Crippen LogP contribution in [-0.2, 0) is 40.6 Å². The van der Waals surface area contributed by atoms with Gasteiger partial charge in [0.2, 0.25) is 11.8 Å². The van der Waals surface area contributed by atoms with E-state index in [9.17, 15) is 14.4 Å². The Morgan fingerprint density at radius 3 is 2.43 bits per heavy atom. The molecule has 1 atom stereocenters. The number of rotatable bonds is 4. The predicted octanol–water partition coefficient (Wildman–Crippen LogP) is 4.20. The van der Waals surface area contributed by atoms with E-state index >= 15 is 0 Å². The van der Waals surface area contributed by atoms with Crippen LogP contribution in [0.25, 0.3) is 0 Å². The number of allylic oxidation sites excluding steroid dienone is 1. The maximum atomic E-state index is 13.8. The molecule has 2 aliphatic rings. The summed E-state index contributed by atoms with van der Waals surface area (Å²) in [4.78, 5) is 40.8. The maximum absolute atomic E-state index is 13.8. The molecule has 8 nitrogen and oxygen atoms in total. The van der Waals surface area contributed by atoms with E-state index in [0.29, 0.717) is 15.7 Å². The fraction of sp³-hybridized carbons (Fsp3) is 0.269. The van der Waals surface area contributed by atoms with Gasteiger partial charge in [0.15, 0.2) is 0 Å². The Balaban J connectivity index is 1.90. The van der Waals surface area contributed by atoms with Crippen LogP contribution in [-0.4, -0.2) is 23.4 Å². The van der Waals surface area contributed by atoms with Gasteiger partial charge in [-0.25, -0.2) is 9.59 Å². The van der Waals surface area contributed by atoms with Crippen molar-refractivity contribution in [1.29, 1.82) is 0 Å². The van der Waals surface area contributed by atoms with Gasteiger partial charge < -0.3 is 25.3 Å². The van der Waals surface area contributed by atoms with E-state index in [1.807, 2.05) is 18.2 Å². The molecule has 0 saturated carbocycles. The molecule has 0 aromatic heterocycles. The summed E-state index contributed by atoms with van der Waals surface area (Å²) in [7, 11) is 0. The SMILES string of the molecule is CC1=C(C(=O)OCc2ccccc2)[C@@]2(C(=O)Nc3ccc(Br)cc32)C(C(=O)OC(C)(C)C)=C(N)O1. The molecule has 0 unspecified atom stereocenters. The van der Waals surface area contributed by atoms with Gasteiger partial charge in [0.1, 0.15) is 34.5 Å². The second kappa shape index (κ2) is 8.88. The third kappa shape index (κ3) is 4.32. The molecular formula is C26H25BrN2O6. The van der Waals surface area contributed by atoms with Gasteiger partial charge in [-0.3, -0.25) is 4.79 Å². The minimum absolute atomic E-state index is 0.0412. The van der Waals surface area contributed by atoms with Crippen LogP contribution >= 0.6 is 15.9 Å². The van der Waals surface area contributed by atoms with Gasteiger partial charge in [0.05, 0.1) is 0 Å². The number of nitrogens with one attached hydrogen (secondary N) is 1. The third-order valence-electron chi connectivity index (χ3n) is 5.61. The molecule has 0 bridgehead atoms. The molecule has 4 rings (SSSR count). The highest BCUT2D eigenvalue weighted by molar-refractivity contribution is 9.10. The number of esters is 2. The number of halogens is 1. The van der Waals surface area contributed by atoms with Crippen molar-refractivity contribution in [3.63, 3.8) is 0 Å². The van der Waals surface area contributed by atoms with Crippen molar-refractivity contribution in [2.75, 3.05) is 5.32 Å². The molecule has 2 aromatic rings. The number of carbonyl (C=O) groups excluding carboxylic acids is 3. The summed E-state index contributed by atoms with van der Waals surface area (Å²) in [5.41, 5.74) is 4.50. The zero-order chi connectivity index (χ0) is 25.5. The minimum Gasteiger partial charge on any atom is -0.457 e. The van der Waals surface area contributed by atoms with E-state index in [-0.39, 0.29) is 29.4 Å². The second-order valence-corrected chi connectivity index (χ2v) is 10.1. The standard InChI is InChI=1S/C26H25BrN2O6/c1-14-19(22(30)33-13-15-8-6-5-7-9-15)26(17-12-16(27)10-11-18(17)29-24(26)32)20(21(28)34-14)23(31)35-25(2,3)4/h5-12H,13,28H2,1-4H3,(H,29,32)/t26-/m1/s1. The number of hydrogen-bond acceptors (Lipinski definition) is 7. The number of ether oxygens (including phenoxy) is 3. The first-order valence-electron chi connectivity index (χ1n) is 10.9. The van der Waals surface area contributed by atoms with Gasteiger partial charge in [-0.2, -0.15) is 0 Å². The summed E-state index contributed by atoms with van der Waals surface area (Å²) < 4.78 is 17.5. The minimum atomic E-state index is -1.93. The average Bonchev–Trinajstić information content (AvgIpc) is 3.03. The summed E-state index contributed by atoms with van der Waals surface area (Å²) in [5, 5.41) is 2.78. The van der Waals surface area contributed by atoms with Crippen LogP contribution in [0.2, 0.25) is 0 Å². The van der Waals surface area contributed by atoms with Crippen LogP contribution in [0.4, 0.5) is 5.69 Å². The van der Waals surface area contributed by atoms with E-state index in [1.54, 1.807) is 51.1 Å². The molecule has 2 aromatic carbocycles. The topological polar surface area (TPSA) is 117 Å². The van der Waals surface area contributed by atoms with E-state index < -0.39 is 28.9 Å². The lowest BCUT2D eigenvalue weighted by Crippen LogP contribution is -2.49. The van der Waals surface area contributed by atoms with Crippen LogP contribution in [0.5, 0.6) is 0 Å². The third-order valence-corrected chi connectivity index (χ3v) is 6.10. The van der Waals surface area contributed by atoms with Crippen molar-refractivity contribution in [3.8, 4) is 0 Å². The van der Waals surface area contributed by atoms with Crippen LogP contribution in [0.15, 0.2) is 75.8 Å². The van der Waals surface area contributed by atoms with Crippen molar-refractivity contribution < 1.29 is 28.6 Å². The Kier molecular flexibility index (Phi) is 6.23. The number of fused-ring (bicyclic) bond motifs is 2. The first-order valence-corrected chi connectivity index (χ1v) is 11.7. The lowest BCUT2D eigenvalue weighted by molar-refractivity contribution is -0.152. The Labute approximate surface area is 211 Å². The number of benzene rings is 2. The van der Waals surface area contributed by atoms with Gasteiger partial charge in [0, 0.05) is 15.7 Å². The average molecular weight is 541 g/mol. The molecule has 182 valence electrons. The monoisotopic (exact) mass is 540 g/mol. The molecule has 3 N–H and O–H groups in total. The lowest BCUT2D eigenvalue weighted by atomic mass is 9.67. The first-order chi connectivity index (χ1) is 16.4. The van der Waals surface area contributed by atoms with Crippen molar-refractivity contribution in [2.24, 2.45) is 5.73 Å². The molecule has 2 heterocycles. The second-order valence-electron chi connectivity index (χ2n) is 9.23. The molecule has 0 saturated heterocycles. The first kappa shape index (κ1) is 24.5. The van der Waals surface area contributed by atoms with E-state index in [0.717, 1.165) is 5.56 Å². The molecule has 0 radical (unpaired) electrons. The zero-order valence-electron chi connectivity index (χ0n) is 19.7. The normalized spacial score (nSPS) is 19.3. The fourth-order valence-corrected chi connectivity index (χ4v) is 4.65. The highest BCUT2D eigenvalue weighted by atomic mass is 79.9. The predicted molar refractivity (Wildman–Crippen MR) is 132 cm³/mol. The van der Waals surface area contributed by atoms with Gasteiger partial charge in [-0.1, -0.05) is 46.3 Å². The van der Waals surface area contributed by atoms with Crippen LogP contribution in [0.1, 0.15) is 38.8 Å². The fourth-order valence-electron chi connectivity index (χ4n) is 4.29. The summed E-state index contributed by atoms with van der Waals surface area (Å²) in [6.07, 6.45) is 0. The number of amides is 1. The van der Waals surface area contributed by atoms with Crippen molar-refractivity contribution >= 4 is 39.5 Å². The quantitative estimate of drug-likeness (QED) is 0.558. The number of anilines is 1. The molecule has 0 fully saturated rings. The van der Waals surface area contributed by atoms with E-state index in [2.05, 4.69) is 21.2 Å². The summed E-state index contributed by atoms with van der Waals surface area (Å²) in [6, 6.07) is 14.2. The molecular weight excluding hydrogens is 516 g/mol. The number of nitrogens with two attached hydrogens (primary N) is 1. The van der Waals surface area contributed by atoms with Crippen LogP contribution < -0.4 is 11.1 Å². The number of carbonyl (C=O) groups is 3. The van der Waals surface area contributed by atoms with E-state index in [4.69, 9.17) is 19.9 Å². The van der Waals surface area contributed by atoms with Gasteiger partial charge in [-0.05, 0) is 51.5 Å². The van der Waals surface area contributed by atoms with Crippen molar-refractivity contribution in [3.05, 3.63) is 86.9 Å². The van der Waals surface area contributed by atoms with Crippen LogP contribution in [0.3, 0.4) is 0 Å². The molecule has 0 aliphatic carbocycles. The largest absolute Gasteiger partial charge is 0.457 e. The van der Waals surface area contributed by atoms with Gasteiger partial charge >= 0.3 is 11.9 Å². The van der Waals surface area contributed by atoms with Crippen molar-refractivity contribution in [2.45, 2.75) is 45.3 Å². The molecule has 9 heteroatoms. The summed E-state index contributed by atoms with van der Waals surface area (Å²) in [6.45, 7) is 6.53. The van der Waals surface area contributed by atoms with Gasteiger partial charge in [-0.15, -0.1) is 0 Å². The lowest BCUT2D eigenvalue weighted by Gasteiger charge is -2.36. The summed E-state index contributed by atoms with van der Waals surface area (Å²) in [5.74, 6) is -2.60. The smallest absolute Gasteiger partial charge is 0.341 e. The molecule has 35 heavy (non-hydrogen) atoms. The Morgan fingerprint density at radius 2 is 1.77 bits per heavy atom. The summed E-state index contributed by atoms with van der Waals surface area (Å²) >= 11 is 3.42. The van der Waals surface area contributed by atoms with E-state index in [1.165, 1.54) is 6.92 Å². The Hall–Kier alpha value is -3.59.